The Morgan fingerprint density at radius 1 is 1.24 bits per heavy atom. The number of fused-ring (bicyclic) bond motifs is 1. The highest BCUT2D eigenvalue weighted by atomic mass is 35.5. The number of ether oxygens (including phenoxy) is 2. The molecule has 21 heavy (non-hydrogen) atoms. The number of halogens is 1. The lowest BCUT2D eigenvalue weighted by atomic mass is 10.0. The monoisotopic (exact) mass is 312 g/mol. The van der Waals surface area contributed by atoms with Crippen LogP contribution in [0.25, 0.3) is 0 Å². The second kappa shape index (κ2) is 7.00. The van der Waals surface area contributed by atoms with Gasteiger partial charge in [-0.25, -0.2) is 0 Å². The standard InChI is InChI=1S/C15H20N2O3.ClH/c16-10-12-3-1-2-6-17(12)15(18)11-4-5-13-14(9-11)20-8-7-19-13;/h4-5,9,12H,1-3,6-8,10,16H2;1H. The highest BCUT2D eigenvalue weighted by molar-refractivity contribution is 5.95. The quantitative estimate of drug-likeness (QED) is 0.905. The lowest BCUT2D eigenvalue weighted by molar-refractivity contribution is 0.0622. The molecule has 1 unspecified atom stereocenters. The van der Waals surface area contributed by atoms with Gasteiger partial charge in [0.1, 0.15) is 13.2 Å². The zero-order valence-electron chi connectivity index (χ0n) is 11.9. The minimum Gasteiger partial charge on any atom is -0.486 e. The predicted molar refractivity (Wildman–Crippen MR) is 82.4 cm³/mol. The van der Waals surface area contributed by atoms with Crippen LogP contribution in [0.5, 0.6) is 11.5 Å². The number of amides is 1. The third kappa shape index (κ3) is 3.24. The first-order valence-electron chi connectivity index (χ1n) is 7.20. The number of carbonyl (C=O) groups excluding carboxylic acids is 1. The zero-order chi connectivity index (χ0) is 13.9. The fraction of sp³-hybridized carbons (Fsp3) is 0.533. The van der Waals surface area contributed by atoms with E-state index in [1.54, 1.807) is 12.1 Å². The summed E-state index contributed by atoms with van der Waals surface area (Å²) < 4.78 is 11.0. The van der Waals surface area contributed by atoms with Crippen LogP contribution in [-0.2, 0) is 0 Å². The van der Waals surface area contributed by atoms with Crippen molar-refractivity contribution in [1.29, 1.82) is 0 Å². The zero-order valence-corrected chi connectivity index (χ0v) is 12.7. The van der Waals surface area contributed by atoms with Gasteiger partial charge in [-0.3, -0.25) is 4.79 Å². The van der Waals surface area contributed by atoms with Gasteiger partial charge in [-0.1, -0.05) is 0 Å². The molecule has 2 N–H and O–H groups in total. The van der Waals surface area contributed by atoms with Gasteiger partial charge in [-0.05, 0) is 37.5 Å². The summed E-state index contributed by atoms with van der Waals surface area (Å²) >= 11 is 0. The molecule has 5 nitrogen and oxygen atoms in total. The summed E-state index contributed by atoms with van der Waals surface area (Å²) in [7, 11) is 0. The molecule has 0 aromatic heterocycles. The van der Waals surface area contributed by atoms with E-state index in [0.29, 0.717) is 36.8 Å². The Hall–Kier alpha value is -1.46. The number of piperidine rings is 1. The van der Waals surface area contributed by atoms with E-state index < -0.39 is 0 Å². The van der Waals surface area contributed by atoms with Gasteiger partial charge in [0.2, 0.25) is 0 Å². The molecule has 116 valence electrons. The summed E-state index contributed by atoms with van der Waals surface area (Å²) in [6.45, 7) is 2.40. The Bertz CT molecular complexity index is 510. The van der Waals surface area contributed by atoms with Gasteiger partial charge in [0, 0.05) is 24.7 Å². The summed E-state index contributed by atoms with van der Waals surface area (Å²) in [5.41, 5.74) is 6.43. The number of hydrogen-bond donors (Lipinski definition) is 1. The summed E-state index contributed by atoms with van der Waals surface area (Å²) in [4.78, 5) is 14.5. The van der Waals surface area contributed by atoms with Gasteiger partial charge < -0.3 is 20.1 Å². The first-order chi connectivity index (χ1) is 9.79. The fourth-order valence-corrected chi connectivity index (χ4v) is 2.86. The number of nitrogens with two attached hydrogens (primary N) is 1. The average molecular weight is 313 g/mol. The van der Waals surface area contributed by atoms with E-state index in [-0.39, 0.29) is 24.4 Å². The highest BCUT2D eigenvalue weighted by Crippen LogP contribution is 2.31. The lowest BCUT2D eigenvalue weighted by Gasteiger charge is -2.35. The van der Waals surface area contributed by atoms with E-state index in [2.05, 4.69) is 0 Å². The third-order valence-electron chi connectivity index (χ3n) is 3.95. The van der Waals surface area contributed by atoms with Crippen molar-refractivity contribution in [3.05, 3.63) is 23.8 Å². The van der Waals surface area contributed by atoms with Crippen molar-refractivity contribution < 1.29 is 14.3 Å². The molecule has 1 atom stereocenters. The Balaban J connectivity index is 0.00000161. The largest absolute Gasteiger partial charge is 0.486 e. The molecule has 2 aliphatic heterocycles. The Morgan fingerprint density at radius 3 is 2.76 bits per heavy atom. The van der Waals surface area contributed by atoms with E-state index in [1.165, 1.54) is 0 Å². The molecular weight excluding hydrogens is 292 g/mol. The van der Waals surface area contributed by atoms with Crippen molar-refractivity contribution in [3.63, 3.8) is 0 Å². The van der Waals surface area contributed by atoms with Gasteiger partial charge >= 0.3 is 0 Å². The summed E-state index contributed by atoms with van der Waals surface area (Å²) in [5.74, 6) is 1.40. The fourth-order valence-electron chi connectivity index (χ4n) is 2.86. The molecule has 1 fully saturated rings. The molecule has 0 radical (unpaired) electrons. The highest BCUT2D eigenvalue weighted by Gasteiger charge is 2.27. The summed E-state index contributed by atoms with van der Waals surface area (Å²) in [6, 6.07) is 5.55. The van der Waals surface area contributed by atoms with E-state index in [1.807, 2.05) is 11.0 Å². The van der Waals surface area contributed by atoms with Crippen LogP contribution >= 0.6 is 12.4 Å². The molecule has 0 saturated carbocycles. The first-order valence-corrected chi connectivity index (χ1v) is 7.20. The van der Waals surface area contributed by atoms with Gasteiger partial charge in [-0.15, -0.1) is 12.4 Å². The average Bonchev–Trinajstić information content (AvgIpc) is 2.53. The van der Waals surface area contributed by atoms with Crippen LogP contribution in [0.1, 0.15) is 29.6 Å². The van der Waals surface area contributed by atoms with Gasteiger partial charge in [0.15, 0.2) is 11.5 Å². The molecule has 6 heteroatoms. The summed E-state index contributed by atoms with van der Waals surface area (Å²) in [5, 5.41) is 0. The van der Waals surface area contributed by atoms with Crippen molar-refractivity contribution in [2.24, 2.45) is 5.73 Å². The van der Waals surface area contributed by atoms with Gasteiger partial charge in [0.05, 0.1) is 0 Å². The first kappa shape index (κ1) is 15.9. The maximum atomic E-state index is 12.6. The maximum absolute atomic E-state index is 12.6. The lowest BCUT2D eigenvalue weighted by Crippen LogP contribution is -2.47. The molecule has 1 saturated heterocycles. The van der Waals surface area contributed by atoms with Crippen LogP contribution in [0.4, 0.5) is 0 Å². The van der Waals surface area contributed by atoms with E-state index >= 15 is 0 Å². The van der Waals surface area contributed by atoms with Crippen LogP contribution < -0.4 is 15.2 Å². The number of carbonyl (C=O) groups is 1. The normalized spacial score (nSPS) is 20.6. The molecule has 0 bridgehead atoms. The molecule has 1 aromatic carbocycles. The maximum Gasteiger partial charge on any atom is 0.254 e. The molecule has 1 amide bonds. The second-order valence-electron chi connectivity index (χ2n) is 5.24. The van der Waals surface area contributed by atoms with E-state index in [9.17, 15) is 4.79 Å². The Morgan fingerprint density at radius 2 is 2.00 bits per heavy atom. The smallest absolute Gasteiger partial charge is 0.254 e. The van der Waals surface area contributed by atoms with Crippen molar-refractivity contribution in [3.8, 4) is 11.5 Å². The van der Waals surface area contributed by atoms with Gasteiger partial charge in [-0.2, -0.15) is 0 Å². The van der Waals surface area contributed by atoms with Crippen molar-refractivity contribution >= 4 is 18.3 Å². The van der Waals surface area contributed by atoms with Crippen molar-refractivity contribution in [2.45, 2.75) is 25.3 Å². The second-order valence-corrected chi connectivity index (χ2v) is 5.24. The molecular formula is C15H21ClN2O3. The van der Waals surface area contributed by atoms with Crippen molar-refractivity contribution in [1.82, 2.24) is 4.90 Å². The van der Waals surface area contributed by atoms with Gasteiger partial charge in [0.25, 0.3) is 5.91 Å². The molecule has 2 aliphatic rings. The van der Waals surface area contributed by atoms with Crippen molar-refractivity contribution in [2.75, 3.05) is 26.3 Å². The van der Waals surface area contributed by atoms with Crippen LogP contribution in [-0.4, -0.2) is 43.2 Å². The minimum absolute atomic E-state index is 0. The van der Waals surface area contributed by atoms with E-state index in [4.69, 9.17) is 15.2 Å². The topological polar surface area (TPSA) is 64.8 Å². The number of nitrogens with zero attached hydrogens (tertiary/aromatic N) is 1. The van der Waals surface area contributed by atoms with Crippen LogP contribution in [0.2, 0.25) is 0 Å². The number of hydrogen-bond acceptors (Lipinski definition) is 4. The SMILES string of the molecule is Cl.NCC1CCCCN1C(=O)c1ccc2c(c1)OCCO2. The predicted octanol–water partition coefficient (Wildman–Crippen LogP) is 1.83. The van der Waals surface area contributed by atoms with Crippen LogP contribution in [0, 0.1) is 0 Å². The summed E-state index contributed by atoms with van der Waals surface area (Å²) in [6.07, 6.45) is 3.19. The number of benzene rings is 1. The Labute approximate surface area is 130 Å². The van der Waals surface area contributed by atoms with Crippen LogP contribution in [0.15, 0.2) is 18.2 Å². The Kier molecular flexibility index (Phi) is 5.31. The molecule has 0 aliphatic carbocycles. The minimum atomic E-state index is 0. The van der Waals surface area contributed by atoms with E-state index in [0.717, 1.165) is 25.8 Å². The third-order valence-corrected chi connectivity index (χ3v) is 3.95. The molecule has 0 spiro atoms. The number of rotatable bonds is 2. The molecule has 3 rings (SSSR count). The van der Waals surface area contributed by atoms with Crippen LogP contribution in [0.3, 0.4) is 0 Å². The number of likely N-dealkylation sites (tertiary alicyclic amines) is 1. The molecule has 2 heterocycles. The molecule has 1 aromatic rings.